The Labute approximate surface area is 138 Å². The van der Waals surface area contributed by atoms with Gasteiger partial charge in [0.1, 0.15) is 5.75 Å². The molecule has 0 saturated heterocycles. The molecule has 0 saturated carbocycles. The molecule has 0 aliphatic carbocycles. The number of hydrogen-bond acceptors (Lipinski definition) is 4. The van der Waals surface area contributed by atoms with Crippen LogP contribution in [0.4, 0.5) is 5.69 Å². The van der Waals surface area contributed by atoms with Crippen LogP contribution in [0.1, 0.15) is 18.5 Å². The first kappa shape index (κ1) is 17.0. The fourth-order valence-electron chi connectivity index (χ4n) is 2.17. The molecular weight excluding hydrogens is 320 g/mol. The highest BCUT2D eigenvalue weighted by Gasteiger charge is 2.15. The third kappa shape index (κ3) is 4.56. The predicted molar refractivity (Wildman–Crippen MR) is 88.3 cm³/mol. The first-order chi connectivity index (χ1) is 11.0. The molecule has 0 unspecified atom stereocenters. The molecule has 0 aliphatic heterocycles. The van der Waals surface area contributed by atoms with Crippen LogP contribution in [0.3, 0.4) is 0 Å². The Morgan fingerprint density at radius 3 is 2.52 bits per heavy atom. The van der Waals surface area contributed by atoms with Gasteiger partial charge in [0.15, 0.2) is 0 Å². The van der Waals surface area contributed by atoms with E-state index in [4.69, 9.17) is 16.3 Å². The Balaban J connectivity index is 1.87. The monoisotopic (exact) mass is 336 g/mol. The van der Waals surface area contributed by atoms with Crippen LogP contribution < -0.4 is 10.3 Å². The summed E-state index contributed by atoms with van der Waals surface area (Å²) in [4.78, 5) is 22.2. The van der Waals surface area contributed by atoms with Crippen molar-refractivity contribution in [1.82, 2.24) is 4.57 Å². The van der Waals surface area contributed by atoms with Crippen LogP contribution in [-0.2, 0) is 6.54 Å². The first-order valence-corrected chi connectivity index (χ1v) is 7.60. The average Bonchev–Trinajstić information content (AvgIpc) is 2.51. The number of pyridine rings is 1. The van der Waals surface area contributed by atoms with Crippen LogP contribution in [0, 0.1) is 17.0 Å². The molecule has 2 aromatic rings. The third-order valence-electron chi connectivity index (χ3n) is 3.43. The second-order valence-corrected chi connectivity index (χ2v) is 5.52. The number of aromatic nitrogens is 1. The molecule has 1 aromatic heterocycles. The summed E-state index contributed by atoms with van der Waals surface area (Å²) in [6.07, 6.45) is 1.42. The van der Waals surface area contributed by atoms with Gasteiger partial charge in [0, 0.05) is 23.3 Å². The molecule has 1 heterocycles. The molecule has 1 aromatic carbocycles. The summed E-state index contributed by atoms with van der Waals surface area (Å²) in [6.45, 7) is 2.69. The lowest BCUT2D eigenvalue weighted by Crippen LogP contribution is -2.24. The highest BCUT2D eigenvalue weighted by atomic mass is 35.5. The van der Waals surface area contributed by atoms with Gasteiger partial charge >= 0.3 is 11.2 Å². The molecule has 0 fully saturated rings. The Morgan fingerprint density at radius 1 is 1.17 bits per heavy atom. The largest absolute Gasteiger partial charge is 0.494 e. The van der Waals surface area contributed by atoms with Crippen molar-refractivity contribution < 1.29 is 9.66 Å². The van der Waals surface area contributed by atoms with Crippen LogP contribution >= 0.6 is 11.6 Å². The number of nitro groups is 1. The lowest BCUT2D eigenvalue weighted by molar-refractivity contribution is -0.386. The number of halogens is 1. The molecule has 0 amide bonds. The van der Waals surface area contributed by atoms with Crippen molar-refractivity contribution in [2.24, 2.45) is 0 Å². The van der Waals surface area contributed by atoms with Gasteiger partial charge in [0.2, 0.25) is 0 Å². The van der Waals surface area contributed by atoms with Gasteiger partial charge in [-0.05, 0) is 50.1 Å². The Morgan fingerprint density at radius 2 is 1.87 bits per heavy atom. The van der Waals surface area contributed by atoms with E-state index in [1.165, 1.54) is 10.6 Å². The van der Waals surface area contributed by atoms with E-state index >= 15 is 0 Å². The van der Waals surface area contributed by atoms with Gasteiger partial charge in [-0.25, -0.2) is 0 Å². The zero-order chi connectivity index (χ0) is 16.8. The van der Waals surface area contributed by atoms with Gasteiger partial charge in [-0.1, -0.05) is 11.6 Å². The Kier molecular flexibility index (Phi) is 5.76. The van der Waals surface area contributed by atoms with E-state index in [0.717, 1.165) is 12.2 Å². The normalized spacial score (nSPS) is 10.5. The number of rotatable bonds is 7. The quantitative estimate of drug-likeness (QED) is 0.440. The van der Waals surface area contributed by atoms with Crippen molar-refractivity contribution in [2.45, 2.75) is 26.3 Å². The average molecular weight is 337 g/mol. The number of aryl methyl sites for hydroxylation is 1. The molecule has 0 aliphatic rings. The van der Waals surface area contributed by atoms with Crippen molar-refractivity contribution in [3.05, 3.63) is 67.6 Å². The lowest BCUT2D eigenvalue weighted by Gasteiger charge is -2.10. The summed E-state index contributed by atoms with van der Waals surface area (Å²) in [5, 5.41) is 11.5. The van der Waals surface area contributed by atoms with Crippen molar-refractivity contribution in [3.8, 4) is 5.75 Å². The maximum atomic E-state index is 12.0. The highest BCUT2D eigenvalue weighted by molar-refractivity contribution is 6.30. The second kappa shape index (κ2) is 7.78. The fraction of sp³-hybridized carbons (Fsp3) is 0.312. The minimum Gasteiger partial charge on any atom is -0.494 e. The molecule has 23 heavy (non-hydrogen) atoms. The van der Waals surface area contributed by atoms with E-state index < -0.39 is 16.2 Å². The predicted octanol–water partition coefficient (Wildman–Crippen LogP) is 3.58. The molecule has 7 heteroatoms. The standard InChI is InChI=1S/C16H17ClN2O4/c1-12-4-9-15(19(21)22)16(20)18(12)10-2-3-11-23-14-7-5-13(17)6-8-14/h4-9H,2-3,10-11H2,1H3. The lowest BCUT2D eigenvalue weighted by atomic mass is 10.2. The molecule has 2 rings (SSSR count). The number of benzene rings is 1. The van der Waals surface area contributed by atoms with E-state index in [9.17, 15) is 14.9 Å². The zero-order valence-corrected chi connectivity index (χ0v) is 13.5. The SMILES string of the molecule is Cc1ccc([N+](=O)[O-])c(=O)n1CCCCOc1ccc(Cl)cc1. The van der Waals surface area contributed by atoms with E-state index in [1.807, 2.05) is 0 Å². The van der Waals surface area contributed by atoms with E-state index in [2.05, 4.69) is 0 Å². The van der Waals surface area contributed by atoms with Crippen molar-refractivity contribution in [1.29, 1.82) is 0 Å². The van der Waals surface area contributed by atoms with Crippen molar-refractivity contribution >= 4 is 17.3 Å². The van der Waals surface area contributed by atoms with Crippen LogP contribution in [0.15, 0.2) is 41.2 Å². The highest BCUT2D eigenvalue weighted by Crippen LogP contribution is 2.15. The Bertz CT molecular complexity index is 741. The van der Waals surface area contributed by atoms with Gasteiger partial charge < -0.3 is 9.30 Å². The molecule has 122 valence electrons. The van der Waals surface area contributed by atoms with Gasteiger partial charge in [0.05, 0.1) is 11.5 Å². The third-order valence-corrected chi connectivity index (χ3v) is 3.68. The summed E-state index contributed by atoms with van der Waals surface area (Å²) in [5.74, 6) is 0.734. The molecular formula is C16H17ClN2O4. The number of hydrogen-bond donors (Lipinski definition) is 0. The van der Waals surface area contributed by atoms with Crippen molar-refractivity contribution in [2.75, 3.05) is 6.61 Å². The molecule has 0 N–H and O–H groups in total. The minimum absolute atomic E-state index is 0.395. The summed E-state index contributed by atoms with van der Waals surface area (Å²) in [7, 11) is 0. The van der Waals surface area contributed by atoms with Gasteiger partial charge in [-0.2, -0.15) is 0 Å². The zero-order valence-electron chi connectivity index (χ0n) is 12.7. The first-order valence-electron chi connectivity index (χ1n) is 7.22. The minimum atomic E-state index is -0.651. The smallest absolute Gasteiger partial charge is 0.334 e. The van der Waals surface area contributed by atoms with Crippen LogP contribution in [0.25, 0.3) is 0 Å². The summed E-state index contributed by atoms with van der Waals surface area (Å²) < 4.78 is 7.00. The second-order valence-electron chi connectivity index (χ2n) is 5.08. The number of ether oxygens (including phenoxy) is 1. The molecule has 0 spiro atoms. The Hall–Kier alpha value is -2.34. The van der Waals surface area contributed by atoms with E-state index in [1.54, 1.807) is 37.3 Å². The number of nitrogens with zero attached hydrogens (tertiary/aromatic N) is 2. The topological polar surface area (TPSA) is 74.4 Å². The van der Waals surface area contributed by atoms with Gasteiger partial charge in [-0.15, -0.1) is 0 Å². The van der Waals surface area contributed by atoms with Crippen LogP contribution in [0.2, 0.25) is 5.02 Å². The van der Waals surface area contributed by atoms with Crippen molar-refractivity contribution in [3.63, 3.8) is 0 Å². The molecule has 0 radical (unpaired) electrons. The van der Waals surface area contributed by atoms with Crippen LogP contribution in [-0.4, -0.2) is 16.1 Å². The number of unbranched alkanes of at least 4 members (excludes halogenated alkanes) is 1. The maximum absolute atomic E-state index is 12.0. The summed E-state index contributed by atoms with van der Waals surface area (Å²) >= 11 is 5.79. The van der Waals surface area contributed by atoms with E-state index in [0.29, 0.717) is 30.3 Å². The van der Waals surface area contributed by atoms with Crippen LogP contribution in [0.5, 0.6) is 5.75 Å². The molecule has 0 atom stereocenters. The fourth-order valence-corrected chi connectivity index (χ4v) is 2.29. The maximum Gasteiger partial charge on any atom is 0.334 e. The van der Waals surface area contributed by atoms with Gasteiger partial charge in [0.25, 0.3) is 0 Å². The summed E-state index contributed by atoms with van der Waals surface area (Å²) in [5.41, 5.74) is -0.249. The van der Waals surface area contributed by atoms with Gasteiger partial charge in [-0.3, -0.25) is 14.9 Å². The summed E-state index contributed by atoms with van der Waals surface area (Å²) in [6, 6.07) is 9.92. The molecule has 0 bridgehead atoms. The molecule has 6 nitrogen and oxygen atoms in total. The van der Waals surface area contributed by atoms with E-state index in [-0.39, 0.29) is 0 Å².